The number of aliphatic hydroxyl groups is 2. The highest BCUT2D eigenvalue weighted by atomic mass is 19.4. The van der Waals surface area contributed by atoms with E-state index in [1.54, 1.807) is 4.57 Å². The maximum Gasteiger partial charge on any atom is 0.490 e. The quantitative estimate of drug-likeness (QED) is 0.149. The lowest BCUT2D eigenvalue weighted by atomic mass is 10.1. The molecular formula is C28H42F3N13O6. The number of aliphatic hydroxyl groups excluding tert-OH is 2. The van der Waals surface area contributed by atoms with Crippen LogP contribution in [0.4, 0.5) is 29.7 Å². The third-order valence-electron chi connectivity index (χ3n) is 8.70. The molecule has 276 valence electrons. The maximum absolute atomic E-state index is 12.6. The molecule has 19 nitrogen and oxygen atoms in total. The largest absolute Gasteiger partial charge is 0.490 e. The van der Waals surface area contributed by atoms with E-state index in [1.165, 1.54) is 11.1 Å². The fraction of sp³-hybridized carbons (Fsp3) is 0.714. The Labute approximate surface area is 284 Å². The third-order valence-corrected chi connectivity index (χ3v) is 8.70. The second kappa shape index (κ2) is 15.6. The summed E-state index contributed by atoms with van der Waals surface area (Å²) in [6, 6.07) is 0.0847. The van der Waals surface area contributed by atoms with Crippen molar-refractivity contribution in [3.05, 3.63) is 12.2 Å². The number of nitrogens with one attached hydrogen (secondary N) is 4. The minimum absolute atomic E-state index is 0.0612. The molecule has 3 aromatic rings. The number of urea groups is 1. The van der Waals surface area contributed by atoms with Crippen LogP contribution in [0.25, 0.3) is 11.2 Å². The molecule has 3 aliphatic rings. The Bertz CT molecular complexity index is 1610. The van der Waals surface area contributed by atoms with Gasteiger partial charge in [-0.3, -0.25) is 4.57 Å². The fourth-order valence-electron chi connectivity index (χ4n) is 5.88. The number of hydrogen-bond donors (Lipinski definition) is 7. The van der Waals surface area contributed by atoms with Gasteiger partial charge in [-0.1, -0.05) is 13.8 Å². The molecule has 22 heteroatoms. The highest BCUT2D eigenvalue weighted by Crippen LogP contribution is 2.39. The number of rotatable bonds is 10. The zero-order chi connectivity index (χ0) is 36.2. The molecule has 3 aliphatic heterocycles. The number of amides is 2. The van der Waals surface area contributed by atoms with Gasteiger partial charge < -0.3 is 46.2 Å². The van der Waals surface area contributed by atoms with Gasteiger partial charge in [0.25, 0.3) is 0 Å². The van der Waals surface area contributed by atoms with Gasteiger partial charge in [-0.25, -0.2) is 14.6 Å². The third kappa shape index (κ3) is 8.30. The van der Waals surface area contributed by atoms with E-state index in [1.807, 2.05) is 11.8 Å². The number of aliphatic carboxylic acids is 1. The first-order chi connectivity index (χ1) is 23.8. The number of ether oxygens (including phenoxy) is 1. The van der Waals surface area contributed by atoms with Crippen LogP contribution in [0.1, 0.15) is 64.6 Å². The molecule has 0 radical (unpaired) electrons. The second-order valence-electron chi connectivity index (χ2n) is 12.2. The number of carboxylic acid groups (broad SMARTS) is 1. The Morgan fingerprint density at radius 1 is 1.10 bits per heavy atom. The lowest BCUT2D eigenvalue weighted by Crippen LogP contribution is -2.47. The van der Waals surface area contributed by atoms with Crippen LogP contribution in [-0.2, 0) is 16.1 Å². The average molecular weight is 714 g/mol. The Hall–Kier alpha value is -4.41. The molecule has 0 spiro atoms. The number of carboxylic acids is 1. The van der Waals surface area contributed by atoms with Crippen molar-refractivity contribution in [2.24, 2.45) is 0 Å². The monoisotopic (exact) mass is 713 g/mol. The number of alkyl halides is 3. The van der Waals surface area contributed by atoms with Crippen LogP contribution >= 0.6 is 0 Å². The summed E-state index contributed by atoms with van der Waals surface area (Å²) in [5.74, 6) is -1.51. The molecule has 0 aromatic carbocycles. The van der Waals surface area contributed by atoms with E-state index in [-0.39, 0.29) is 30.0 Å². The van der Waals surface area contributed by atoms with Crippen molar-refractivity contribution < 1.29 is 42.8 Å². The molecule has 7 N–H and O–H groups in total. The number of fused-ring (bicyclic) bond motifs is 1. The van der Waals surface area contributed by atoms with Crippen molar-refractivity contribution in [3.63, 3.8) is 0 Å². The maximum atomic E-state index is 12.6. The Balaban J connectivity index is 0.000000630. The molecule has 6 heterocycles. The zero-order valence-electron chi connectivity index (χ0n) is 27.7. The minimum atomic E-state index is -5.08. The van der Waals surface area contributed by atoms with Crippen LogP contribution in [-0.4, -0.2) is 130 Å². The van der Waals surface area contributed by atoms with E-state index >= 15 is 0 Å². The van der Waals surface area contributed by atoms with Crippen LogP contribution in [0.2, 0.25) is 0 Å². The Morgan fingerprint density at radius 2 is 1.82 bits per heavy atom. The zero-order valence-corrected chi connectivity index (χ0v) is 27.7. The van der Waals surface area contributed by atoms with Gasteiger partial charge in [-0.05, 0) is 44.4 Å². The lowest BCUT2D eigenvalue weighted by molar-refractivity contribution is -0.192. The van der Waals surface area contributed by atoms with E-state index in [4.69, 9.17) is 24.6 Å². The van der Waals surface area contributed by atoms with Gasteiger partial charge in [0.1, 0.15) is 12.2 Å². The summed E-state index contributed by atoms with van der Waals surface area (Å²) < 4.78 is 39.5. The number of tetrazole rings is 1. The summed E-state index contributed by atoms with van der Waals surface area (Å²) in [6.45, 7) is 9.49. The van der Waals surface area contributed by atoms with E-state index in [0.717, 1.165) is 38.8 Å². The van der Waals surface area contributed by atoms with Gasteiger partial charge in [0.2, 0.25) is 11.8 Å². The summed E-state index contributed by atoms with van der Waals surface area (Å²) in [7, 11) is 0. The average Bonchev–Trinajstić information content (AvgIpc) is 3.92. The number of anilines is 2. The lowest BCUT2D eigenvalue weighted by Gasteiger charge is -2.22. The molecule has 6 rings (SSSR count). The molecule has 0 unspecified atom stereocenters. The van der Waals surface area contributed by atoms with Crippen LogP contribution in [0.3, 0.4) is 0 Å². The molecule has 0 saturated carbocycles. The molecule has 3 aromatic heterocycles. The normalized spacial score (nSPS) is 25.2. The van der Waals surface area contributed by atoms with Crippen LogP contribution < -0.4 is 26.2 Å². The Morgan fingerprint density at radius 3 is 2.44 bits per heavy atom. The fourth-order valence-corrected chi connectivity index (χ4v) is 5.88. The highest BCUT2D eigenvalue weighted by molar-refractivity contribution is 5.84. The predicted octanol–water partition coefficient (Wildman–Crippen LogP) is 0.298. The number of aryl methyl sites for hydroxylation is 1. The van der Waals surface area contributed by atoms with Crippen molar-refractivity contribution in [2.75, 3.05) is 36.4 Å². The number of hydrogen-bond acceptors (Lipinski definition) is 14. The number of carbonyl (C=O) groups is 2. The summed E-state index contributed by atoms with van der Waals surface area (Å²) >= 11 is 0. The number of nitrogens with zero attached hydrogens (tertiary/aromatic N) is 9. The molecular weight excluding hydrogens is 671 g/mol. The van der Waals surface area contributed by atoms with Gasteiger partial charge in [0.05, 0.1) is 12.9 Å². The molecule has 0 aliphatic carbocycles. The molecule has 3 saturated heterocycles. The topological polar surface area (TPSA) is 243 Å². The SMILES string of the molecule is CCC(CC)Nc1nc(N2CC[C@@H](NC(=O)N[C@@H]3CCNC3)C2)nc2c1ncn2[C@@H]1O[C@H](c2nnn(CC)n2)[C@@H](O)[C@H]1O.O=C(O)C(F)(F)F. The van der Waals surface area contributed by atoms with Gasteiger partial charge in [0.15, 0.2) is 29.3 Å². The van der Waals surface area contributed by atoms with Crippen molar-refractivity contribution in [2.45, 2.75) is 102 Å². The summed E-state index contributed by atoms with van der Waals surface area (Å²) in [6.07, 6.45) is -4.64. The minimum Gasteiger partial charge on any atom is -0.475 e. The van der Waals surface area contributed by atoms with Gasteiger partial charge in [-0.15, -0.1) is 10.2 Å². The smallest absolute Gasteiger partial charge is 0.475 e. The van der Waals surface area contributed by atoms with Gasteiger partial charge in [-0.2, -0.15) is 27.9 Å². The molecule has 3 fully saturated rings. The first-order valence-electron chi connectivity index (χ1n) is 16.5. The first-order valence-corrected chi connectivity index (χ1v) is 16.5. The standard InChI is InChI=1S/C26H41N13O4.C2HF3O2/c1-4-14(5-2)29-21-17-23(33-25(32-21)37-10-8-16(12-37)31-26(42)30-15-7-9-27-11-15)38(13-28-17)24-19(41)18(40)20(43-24)22-34-36-39(6-3)35-22;3-2(4,5)1(6)7/h13-16,18-20,24,27,40-41H,4-12H2,1-3H3,(H,29,32,33)(H2,30,31,42);(H,6,7)/t15-,16-,18+,19-,20+,24-;/m1./s1. The Kier molecular flexibility index (Phi) is 11.5. The molecule has 2 amide bonds. The van der Waals surface area contributed by atoms with E-state index < -0.39 is 36.7 Å². The molecule has 50 heavy (non-hydrogen) atoms. The summed E-state index contributed by atoms with van der Waals surface area (Å²) in [5.41, 5.74) is 0.973. The van der Waals surface area contributed by atoms with E-state index in [0.29, 0.717) is 42.6 Å². The number of carbonyl (C=O) groups excluding carboxylic acids is 1. The first kappa shape index (κ1) is 36.9. The van der Waals surface area contributed by atoms with Crippen LogP contribution in [0, 0.1) is 0 Å². The van der Waals surface area contributed by atoms with E-state index in [9.17, 15) is 28.2 Å². The van der Waals surface area contributed by atoms with E-state index in [2.05, 4.69) is 55.5 Å². The number of halogens is 3. The summed E-state index contributed by atoms with van der Waals surface area (Å²) in [5, 5.41) is 54.1. The highest BCUT2D eigenvalue weighted by Gasteiger charge is 2.47. The van der Waals surface area contributed by atoms with Gasteiger partial charge in [0, 0.05) is 37.8 Å². The molecule has 6 atom stereocenters. The van der Waals surface area contributed by atoms with Crippen molar-refractivity contribution >= 4 is 34.9 Å². The van der Waals surface area contributed by atoms with Gasteiger partial charge >= 0.3 is 18.2 Å². The van der Waals surface area contributed by atoms with Crippen molar-refractivity contribution in [1.82, 2.24) is 55.7 Å². The van der Waals surface area contributed by atoms with Crippen molar-refractivity contribution in [3.8, 4) is 0 Å². The molecule has 0 bridgehead atoms. The summed E-state index contributed by atoms with van der Waals surface area (Å²) in [4.78, 5) is 39.2. The number of aromatic nitrogens is 8. The second-order valence-corrected chi connectivity index (χ2v) is 12.2. The predicted molar refractivity (Wildman–Crippen MR) is 169 cm³/mol. The van der Waals surface area contributed by atoms with Crippen LogP contribution in [0.5, 0.6) is 0 Å². The van der Waals surface area contributed by atoms with Crippen molar-refractivity contribution in [1.29, 1.82) is 0 Å². The van der Waals surface area contributed by atoms with Crippen LogP contribution in [0.15, 0.2) is 6.33 Å². The number of imidazole rings is 1.